The minimum Gasteiger partial charge on any atom is -0.336 e. The van der Waals surface area contributed by atoms with E-state index in [0.717, 1.165) is 44.2 Å². The second kappa shape index (κ2) is 7.46. The Kier molecular flexibility index (Phi) is 5.86. The lowest BCUT2D eigenvalue weighted by Gasteiger charge is -2.26. The van der Waals surface area contributed by atoms with E-state index in [0.29, 0.717) is 5.69 Å². The van der Waals surface area contributed by atoms with Crippen LogP contribution in [0.2, 0.25) is 0 Å². The molecule has 0 radical (unpaired) electrons. The normalized spacial score (nSPS) is 16.3. The fourth-order valence-corrected chi connectivity index (χ4v) is 3.50. The van der Waals surface area contributed by atoms with Gasteiger partial charge in [-0.25, -0.2) is 0 Å². The molecule has 1 aliphatic heterocycles. The maximum atomic E-state index is 12.3. The van der Waals surface area contributed by atoms with Gasteiger partial charge in [-0.3, -0.25) is 9.48 Å². The molecule has 0 spiro atoms. The molecule has 0 aromatic carbocycles. The van der Waals surface area contributed by atoms with Crippen molar-refractivity contribution in [3.63, 3.8) is 0 Å². The van der Waals surface area contributed by atoms with Gasteiger partial charge in [-0.1, -0.05) is 26.0 Å². The molecule has 0 saturated carbocycles. The van der Waals surface area contributed by atoms with Crippen molar-refractivity contribution >= 4 is 17.7 Å². The van der Waals surface area contributed by atoms with E-state index in [2.05, 4.69) is 43.0 Å². The van der Waals surface area contributed by atoms with Crippen LogP contribution in [0.4, 0.5) is 0 Å². The Labute approximate surface area is 137 Å². The zero-order valence-electron chi connectivity index (χ0n) is 14.1. The summed E-state index contributed by atoms with van der Waals surface area (Å²) in [7, 11) is 2.11. The predicted molar refractivity (Wildman–Crippen MR) is 90.2 cm³/mol. The van der Waals surface area contributed by atoms with Crippen LogP contribution in [0, 0.1) is 5.41 Å². The first-order valence-electron chi connectivity index (χ1n) is 7.81. The van der Waals surface area contributed by atoms with Crippen molar-refractivity contribution in [2.75, 3.05) is 44.7 Å². The third-order valence-electron chi connectivity index (χ3n) is 3.51. The van der Waals surface area contributed by atoms with Crippen molar-refractivity contribution in [2.45, 2.75) is 27.3 Å². The van der Waals surface area contributed by atoms with Crippen LogP contribution in [-0.2, 0) is 6.54 Å². The third-order valence-corrected chi connectivity index (χ3v) is 4.45. The molecule has 0 bridgehead atoms. The SMILES string of the molecule is CN(CCn1cc(C(=O)N2CCSCC2)nn1)CC(C)(C)C. The Balaban J connectivity index is 1.84. The summed E-state index contributed by atoms with van der Waals surface area (Å²) in [5, 5.41) is 8.13. The highest BCUT2D eigenvalue weighted by Gasteiger charge is 2.21. The van der Waals surface area contributed by atoms with Crippen LogP contribution in [0.1, 0.15) is 31.3 Å². The van der Waals surface area contributed by atoms with E-state index >= 15 is 0 Å². The van der Waals surface area contributed by atoms with Crippen LogP contribution in [0.5, 0.6) is 0 Å². The van der Waals surface area contributed by atoms with Gasteiger partial charge in [0.15, 0.2) is 5.69 Å². The number of thioether (sulfide) groups is 1. The van der Waals surface area contributed by atoms with E-state index in [9.17, 15) is 4.79 Å². The van der Waals surface area contributed by atoms with Crippen molar-refractivity contribution in [2.24, 2.45) is 5.41 Å². The smallest absolute Gasteiger partial charge is 0.276 e. The number of carbonyl (C=O) groups excluding carboxylic acids is 1. The summed E-state index contributed by atoms with van der Waals surface area (Å²) in [6.07, 6.45) is 1.77. The van der Waals surface area contributed by atoms with Crippen LogP contribution in [0.3, 0.4) is 0 Å². The van der Waals surface area contributed by atoms with Gasteiger partial charge in [0, 0.05) is 37.7 Å². The van der Waals surface area contributed by atoms with Crippen molar-refractivity contribution in [1.29, 1.82) is 0 Å². The van der Waals surface area contributed by atoms with Gasteiger partial charge in [-0.15, -0.1) is 5.10 Å². The number of hydrogen-bond acceptors (Lipinski definition) is 5. The first-order chi connectivity index (χ1) is 10.3. The molecule has 7 heteroatoms. The van der Waals surface area contributed by atoms with E-state index in [4.69, 9.17) is 0 Å². The highest BCUT2D eigenvalue weighted by molar-refractivity contribution is 7.99. The average molecular weight is 325 g/mol. The summed E-state index contributed by atoms with van der Waals surface area (Å²) < 4.78 is 1.77. The summed E-state index contributed by atoms with van der Waals surface area (Å²) in [4.78, 5) is 16.5. The van der Waals surface area contributed by atoms with Crippen LogP contribution >= 0.6 is 11.8 Å². The topological polar surface area (TPSA) is 54.3 Å². The standard InChI is InChI=1S/C15H27N5OS/c1-15(2,3)12-18(4)5-6-20-11-13(16-17-20)14(21)19-7-9-22-10-8-19/h11H,5-10,12H2,1-4H3. The maximum absolute atomic E-state index is 12.3. The fraction of sp³-hybridized carbons (Fsp3) is 0.800. The molecule has 0 N–H and O–H groups in total. The lowest BCUT2D eigenvalue weighted by atomic mass is 9.96. The first-order valence-corrected chi connectivity index (χ1v) is 8.96. The Morgan fingerprint density at radius 1 is 1.36 bits per heavy atom. The lowest BCUT2D eigenvalue weighted by Crippen LogP contribution is -2.38. The largest absolute Gasteiger partial charge is 0.336 e. The monoisotopic (exact) mass is 325 g/mol. The lowest BCUT2D eigenvalue weighted by molar-refractivity contribution is 0.0766. The van der Waals surface area contributed by atoms with E-state index in [1.54, 1.807) is 10.9 Å². The molecule has 1 amide bonds. The van der Waals surface area contributed by atoms with Gasteiger partial charge < -0.3 is 9.80 Å². The number of amides is 1. The molecule has 1 aromatic rings. The van der Waals surface area contributed by atoms with Crippen LogP contribution in [0.25, 0.3) is 0 Å². The Morgan fingerprint density at radius 2 is 2.05 bits per heavy atom. The average Bonchev–Trinajstić information content (AvgIpc) is 2.92. The van der Waals surface area contributed by atoms with E-state index in [1.807, 2.05) is 16.7 Å². The Morgan fingerprint density at radius 3 is 2.68 bits per heavy atom. The number of hydrogen-bond donors (Lipinski definition) is 0. The van der Waals surface area contributed by atoms with Crippen molar-refractivity contribution in [3.05, 3.63) is 11.9 Å². The van der Waals surface area contributed by atoms with E-state index in [1.165, 1.54) is 0 Å². The zero-order chi connectivity index (χ0) is 16.2. The minimum absolute atomic E-state index is 0.00889. The number of likely N-dealkylation sites (N-methyl/N-ethyl adjacent to an activating group) is 1. The van der Waals surface area contributed by atoms with E-state index < -0.39 is 0 Å². The maximum Gasteiger partial charge on any atom is 0.276 e. The molecule has 124 valence electrons. The van der Waals surface area contributed by atoms with Gasteiger partial charge in [0.2, 0.25) is 0 Å². The molecule has 1 aromatic heterocycles. The molecule has 0 aliphatic carbocycles. The predicted octanol–water partition coefficient (Wildman–Crippen LogP) is 1.44. The molecule has 1 fully saturated rings. The zero-order valence-corrected chi connectivity index (χ0v) is 14.9. The fourth-order valence-electron chi connectivity index (χ4n) is 2.60. The minimum atomic E-state index is 0.00889. The second-order valence-electron chi connectivity index (χ2n) is 7.07. The molecule has 0 unspecified atom stereocenters. The third kappa shape index (κ3) is 5.28. The number of nitrogens with zero attached hydrogens (tertiary/aromatic N) is 5. The summed E-state index contributed by atoms with van der Waals surface area (Å²) >= 11 is 1.89. The molecular weight excluding hydrogens is 298 g/mol. The Bertz CT molecular complexity index is 490. The van der Waals surface area contributed by atoms with Gasteiger partial charge in [-0.2, -0.15) is 11.8 Å². The first kappa shape index (κ1) is 17.3. The van der Waals surface area contributed by atoms with Crippen molar-refractivity contribution < 1.29 is 4.79 Å². The molecule has 1 saturated heterocycles. The van der Waals surface area contributed by atoms with Gasteiger partial charge in [0.25, 0.3) is 5.91 Å². The number of carbonyl (C=O) groups is 1. The van der Waals surface area contributed by atoms with Crippen LogP contribution in [0.15, 0.2) is 6.20 Å². The molecule has 2 heterocycles. The number of rotatable bonds is 5. The number of aromatic nitrogens is 3. The second-order valence-corrected chi connectivity index (χ2v) is 8.29. The van der Waals surface area contributed by atoms with Gasteiger partial charge in [0.05, 0.1) is 12.7 Å². The van der Waals surface area contributed by atoms with Gasteiger partial charge in [-0.05, 0) is 12.5 Å². The molecule has 0 atom stereocenters. The highest BCUT2D eigenvalue weighted by atomic mass is 32.2. The molecule has 2 rings (SSSR count). The van der Waals surface area contributed by atoms with Crippen LogP contribution in [-0.4, -0.2) is 75.4 Å². The van der Waals surface area contributed by atoms with E-state index in [-0.39, 0.29) is 11.3 Å². The summed E-state index contributed by atoms with van der Waals surface area (Å²) in [6.45, 7) is 11.0. The van der Waals surface area contributed by atoms with Crippen molar-refractivity contribution in [1.82, 2.24) is 24.8 Å². The summed E-state index contributed by atoms with van der Waals surface area (Å²) in [5.74, 6) is 2.03. The van der Waals surface area contributed by atoms with Crippen LogP contribution < -0.4 is 0 Å². The molecular formula is C15H27N5OS. The molecule has 1 aliphatic rings. The summed E-state index contributed by atoms with van der Waals surface area (Å²) in [6, 6.07) is 0. The molecule has 6 nitrogen and oxygen atoms in total. The molecule has 22 heavy (non-hydrogen) atoms. The van der Waals surface area contributed by atoms with Gasteiger partial charge >= 0.3 is 0 Å². The van der Waals surface area contributed by atoms with Crippen molar-refractivity contribution in [3.8, 4) is 0 Å². The van der Waals surface area contributed by atoms with Gasteiger partial charge in [0.1, 0.15) is 0 Å². The Hall–Kier alpha value is -1.08. The quantitative estimate of drug-likeness (QED) is 0.820. The highest BCUT2D eigenvalue weighted by Crippen LogP contribution is 2.14. The summed E-state index contributed by atoms with van der Waals surface area (Å²) in [5.41, 5.74) is 0.746.